The van der Waals surface area contributed by atoms with Crippen molar-refractivity contribution in [3.63, 3.8) is 0 Å². The predicted octanol–water partition coefficient (Wildman–Crippen LogP) is -7.61. The first-order valence-corrected chi connectivity index (χ1v) is 40.8. The molecule has 8 aliphatic heterocycles. The van der Waals surface area contributed by atoms with Crippen molar-refractivity contribution in [2.45, 2.75) is 220 Å². The first-order valence-electron chi connectivity index (χ1n) is 40.8. The van der Waals surface area contributed by atoms with Crippen LogP contribution in [-0.2, 0) is 76.0 Å². The second-order valence-electron chi connectivity index (χ2n) is 30.4. The third kappa shape index (κ3) is 29.8. The standard InChI is InChI=1S/C73H130N16O29/c1-7-51-48(34-87(81-51)16-20-108-25-29-113-72-59(77-45(5)95)67(103)63(99)55(41-92)117-72)32-85(36-50-38-89(83-80-50)18-22-110-26-30-114-73-60(78-46(6)96)68(104)64(100)56(42-93)118-73)52(69(105)106)11-9-10-14-84(35-49-37-88(82-79-49)17-21-109-23-27-111-70-57(74-8-2)65(101)61(97)53(39-90)115-70)31-47-33-86(75-13-12-43(47)3)15-19-107-24-28-112-71-58(76-44(4)94)66(102)62(98)54(40-91)116-71/h13,33-34,43,49-68,70-74,81,90-93,97-104H,7-12,14-32,35-42H2,1-6H3,(H,76,94)(H,77,95)(H,78,96)(H,105,106). The quantitative estimate of drug-likeness (QED) is 0.0252. The van der Waals surface area contributed by atoms with Crippen molar-refractivity contribution in [3.8, 4) is 0 Å². The highest BCUT2D eigenvalue weighted by Crippen LogP contribution is 2.29. The molecule has 0 aromatic rings. The number of ether oxygens (including phenoxy) is 12. The van der Waals surface area contributed by atoms with Crippen molar-refractivity contribution in [3.05, 3.63) is 23.5 Å². The highest BCUT2D eigenvalue weighted by molar-refractivity contribution is 5.74. The summed E-state index contributed by atoms with van der Waals surface area (Å²) in [5.41, 5.74) is 5.50. The average Bonchev–Trinajstić information content (AvgIpc) is 1.19. The van der Waals surface area contributed by atoms with Gasteiger partial charge in [-0.1, -0.05) is 37.6 Å². The number of nitrogens with zero attached hydrogens (tertiary/aromatic N) is 11. The molecule has 25 unspecified atom stereocenters. The zero-order chi connectivity index (χ0) is 85.4. The molecule has 0 aromatic carbocycles. The highest BCUT2D eigenvalue weighted by Gasteiger charge is 2.49. The fourth-order valence-corrected chi connectivity index (χ4v) is 15.0. The molecule has 3 amide bonds. The van der Waals surface area contributed by atoms with Crippen molar-refractivity contribution in [2.24, 2.45) is 31.7 Å². The Kier molecular flexibility index (Phi) is 42.1. The molecular weight excluding hydrogens is 1560 g/mol. The topological polar surface area (TPSA) is 583 Å². The van der Waals surface area contributed by atoms with Crippen LogP contribution in [0.1, 0.15) is 73.6 Å². The SMILES string of the molecule is CCNC1C(OCCOCCN2CC(CN(CCCCC(C(=O)O)N(CC3=CN(CCOCCOC4OC(CO)C(O)C(O)C4NC(C)=O)NC3CC)CC3CN(CCOCCOC4OC(CO)C(O)C(O)C4NC(C)=O)N=N3)CC3=CN(CCOCCOC4OC(CO)C(O)C(O)C4NC(C)=O)N=CCC3C)N=N2)OC(CO)C(O)C1O. The van der Waals surface area contributed by atoms with Gasteiger partial charge in [-0.3, -0.25) is 44.0 Å². The predicted molar refractivity (Wildman–Crippen MR) is 411 cm³/mol. The third-order valence-electron chi connectivity index (χ3n) is 21.3. The number of carboxylic acid groups (broad SMARTS) is 1. The van der Waals surface area contributed by atoms with E-state index in [0.717, 1.165) is 11.1 Å². The number of carboxylic acids is 1. The summed E-state index contributed by atoms with van der Waals surface area (Å²) in [6.45, 7) is 13.4. The van der Waals surface area contributed by atoms with Crippen LogP contribution >= 0.6 is 0 Å². The number of unbranched alkanes of at least 4 members (excludes halogenated alkanes) is 1. The number of aliphatic hydroxyl groups is 12. The van der Waals surface area contributed by atoms with Crippen LogP contribution in [0.15, 0.2) is 49.3 Å². The molecule has 8 rings (SSSR count). The maximum Gasteiger partial charge on any atom is 0.320 e. The average molecular weight is 1700 g/mol. The Morgan fingerprint density at radius 3 is 1.38 bits per heavy atom. The normalized spacial score (nSPS) is 32.7. The molecule has 45 nitrogen and oxygen atoms in total. The molecule has 0 aromatic heterocycles. The van der Waals surface area contributed by atoms with E-state index < -0.39 is 185 Å². The Labute approximate surface area is 686 Å². The van der Waals surface area contributed by atoms with Gasteiger partial charge in [0.25, 0.3) is 0 Å². The number of hydrazone groups is 1. The van der Waals surface area contributed by atoms with E-state index in [-0.39, 0.29) is 117 Å². The van der Waals surface area contributed by atoms with Crippen LogP contribution in [0.2, 0.25) is 0 Å². The van der Waals surface area contributed by atoms with Gasteiger partial charge in [-0.25, -0.2) is 5.43 Å². The minimum absolute atomic E-state index is 0.0183. The largest absolute Gasteiger partial charge is 0.480 e. The summed E-state index contributed by atoms with van der Waals surface area (Å²) < 4.78 is 69.9. The maximum absolute atomic E-state index is 13.9. The summed E-state index contributed by atoms with van der Waals surface area (Å²) in [4.78, 5) is 54.0. The van der Waals surface area contributed by atoms with E-state index in [1.807, 2.05) is 47.4 Å². The second-order valence-corrected chi connectivity index (χ2v) is 30.4. The van der Waals surface area contributed by atoms with Gasteiger partial charge >= 0.3 is 5.97 Å². The van der Waals surface area contributed by atoms with Crippen molar-refractivity contribution < 1.29 is 142 Å². The van der Waals surface area contributed by atoms with Crippen LogP contribution in [0, 0.1) is 5.92 Å². The van der Waals surface area contributed by atoms with E-state index in [2.05, 4.69) is 54.1 Å². The number of carbonyl (C=O) groups excluding carboxylic acids is 3. The minimum Gasteiger partial charge on any atom is -0.480 e. The first kappa shape index (κ1) is 97.8. The number of likely N-dealkylation sites (N-methyl/N-ethyl adjacent to an activating group) is 1. The van der Waals surface area contributed by atoms with Gasteiger partial charge in [0.1, 0.15) is 109 Å². The number of aliphatic carboxylic acids is 1. The molecule has 25 atom stereocenters. The molecule has 0 saturated carbocycles. The van der Waals surface area contributed by atoms with Crippen LogP contribution in [0.5, 0.6) is 0 Å². The number of hydrogen-bond donors (Lipinski definition) is 18. The van der Waals surface area contributed by atoms with Gasteiger partial charge in [0.2, 0.25) is 17.7 Å². The second kappa shape index (κ2) is 50.8. The van der Waals surface area contributed by atoms with Crippen LogP contribution in [-0.4, -0.2) is 457 Å². The van der Waals surface area contributed by atoms with E-state index >= 15 is 0 Å². The number of amides is 3. The van der Waals surface area contributed by atoms with Crippen LogP contribution in [0.4, 0.5) is 0 Å². The van der Waals surface area contributed by atoms with Crippen LogP contribution in [0.25, 0.3) is 0 Å². The lowest BCUT2D eigenvalue weighted by Crippen LogP contribution is -2.64. The lowest BCUT2D eigenvalue weighted by molar-refractivity contribution is -0.272. The Morgan fingerprint density at radius 2 is 0.958 bits per heavy atom. The summed E-state index contributed by atoms with van der Waals surface area (Å²) in [5.74, 6) is -2.45. The Hall–Kier alpha value is -5.69. The van der Waals surface area contributed by atoms with Crippen molar-refractivity contribution >= 4 is 29.9 Å². The molecule has 4 fully saturated rings. The highest BCUT2D eigenvalue weighted by atomic mass is 16.7. The zero-order valence-electron chi connectivity index (χ0n) is 68.3. The van der Waals surface area contributed by atoms with Gasteiger partial charge in [-0.15, -0.1) is 0 Å². The van der Waals surface area contributed by atoms with Crippen molar-refractivity contribution in [2.75, 3.05) is 184 Å². The fraction of sp³-hybridized carbons (Fsp3) is 0.877. The van der Waals surface area contributed by atoms with Gasteiger partial charge in [0.05, 0.1) is 151 Å². The third-order valence-corrected chi connectivity index (χ3v) is 21.3. The Morgan fingerprint density at radius 1 is 0.534 bits per heavy atom. The number of hydrazine groups is 1. The summed E-state index contributed by atoms with van der Waals surface area (Å²) in [6.07, 6.45) is -12.0. The molecule has 45 heteroatoms. The van der Waals surface area contributed by atoms with E-state index in [1.54, 1.807) is 10.0 Å². The van der Waals surface area contributed by atoms with Crippen LogP contribution in [0.3, 0.4) is 0 Å². The maximum atomic E-state index is 13.9. The summed E-state index contributed by atoms with van der Waals surface area (Å²) in [6, 6.07) is -5.99. The molecule has 4 saturated heterocycles. The number of aliphatic hydroxyl groups excluding tert-OH is 12. The molecule has 8 heterocycles. The molecule has 118 heavy (non-hydrogen) atoms. The monoisotopic (exact) mass is 1690 g/mol. The molecule has 8 aliphatic rings. The van der Waals surface area contributed by atoms with Gasteiger partial charge in [0.15, 0.2) is 25.2 Å². The molecule has 0 radical (unpaired) electrons. The minimum atomic E-state index is -1.48. The molecule has 18 N–H and O–H groups in total. The first-order chi connectivity index (χ1) is 56.8. The van der Waals surface area contributed by atoms with Crippen molar-refractivity contribution in [1.29, 1.82) is 0 Å². The summed E-state index contributed by atoms with van der Waals surface area (Å²) in [7, 11) is 0. The molecule has 0 bridgehead atoms. The molecule has 676 valence electrons. The van der Waals surface area contributed by atoms with Gasteiger partial charge in [-0.05, 0) is 55.8 Å². The zero-order valence-corrected chi connectivity index (χ0v) is 68.3. The van der Waals surface area contributed by atoms with E-state index in [9.17, 15) is 85.6 Å². The van der Waals surface area contributed by atoms with E-state index in [0.29, 0.717) is 91.1 Å². The molecular formula is C73H130N16O29. The van der Waals surface area contributed by atoms with E-state index in [4.69, 9.17) is 67.1 Å². The summed E-state index contributed by atoms with van der Waals surface area (Å²) >= 11 is 0. The molecule has 0 aliphatic carbocycles. The Bertz CT molecular complexity index is 3140. The number of rotatable bonds is 53. The number of nitrogens with one attached hydrogen (secondary N) is 5. The lowest BCUT2D eigenvalue weighted by atomic mass is 9.97. The summed E-state index contributed by atoms with van der Waals surface area (Å²) in [5, 5.41) is 176. The number of hydrogen-bond acceptors (Lipinski definition) is 41. The van der Waals surface area contributed by atoms with Gasteiger partial charge in [0, 0.05) is 71.6 Å². The lowest BCUT2D eigenvalue weighted by Gasteiger charge is -2.42. The Balaban J connectivity index is 0.909. The smallest absolute Gasteiger partial charge is 0.320 e. The van der Waals surface area contributed by atoms with Crippen LogP contribution < -0.4 is 26.7 Å². The fourth-order valence-electron chi connectivity index (χ4n) is 15.0. The van der Waals surface area contributed by atoms with Crippen molar-refractivity contribution in [1.82, 2.24) is 56.5 Å². The molecule has 0 spiro atoms. The number of carbonyl (C=O) groups is 4. The van der Waals surface area contributed by atoms with Gasteiger partial charge < -0.3 is 150 Å². The van der Waals surface area contributed by atoms with E-state index in [1.165, 1.54) is 20.8 Å². The van der Waals surface area contributed by atoms with Gasteiger partial charge in [-0.2, -0.15) is 15.3 Å².